The summed E-state index contributed by atoms with van der Waals surface area (Å²) in [5.74, 6) is 0. The highest BCUT2D eigenvalue weighted by Gasteiger charge is 2.32. The fourth-order valence-electron chi connectivity index (χ4n) is 3.57. The number of nitrogens with two attached hydrogens (primary N) is 1. The molecule has 1 aromatic carbocycles. The van der Waals surface area contributed by atoms with Crippen LogP contribution in [0.15, 0.2) is 24.3 Å². The fourth-order valence-corrected chi connectivity index (χ4v) is 3.69. The van der Waals surface area contributed by atoms with Gasteiger partial charge in [-0.05, 0) is 44.1 Å². The molecule has 3 atom stereocenters. The molecule has 0 radical (unpaired) electrons. The second kappa shape index (κ2) is 7.59. The van der Waals surface area contributed by atoms with Crippen molar-refractivity contribution in [1.29, 1.82) is 0 Å². The maximum Gasteiger partial charge on any atom is 0.0497 e. The van der Waals surface area contributed by atoms with Crippen molar-refractivity contribution in [2.45, 2.75) is 45.3 Å². The van der Waals surface area contributed by atoms with Gasteiger partial charge in [0.2, 0.25) is 0 Å². The van der Waals surface area contributed by atoms with E-state index >= 15 is 0 Å². The topological polar surface area (TPSA) is 32.5 Å². The van der Waals surface area contributed by atoms with Gasteiger partial charge in [-0.1, -0.05) is 37.6 Å². The van der Waals surface area contributed by atoms with Crippen molar-refractivity contribution in [3.8, 4) is 0 Å². The summed E-state index contributed by atoms with van der Waals surface area (Å²) in [7, 11) is 0. The highest BCUT2D eigenvalue weighted by molar-refractivity contribution is 6.30. The first-order chi connectivity index (χ1) is 10.1. The molecule has 2 N–H and O–H groups in total. The van der Waals surface area contributed by atoms with Crippen molar-refractivity contribution in [1.82, 2.24) is 9.80 Å². The van der Waals surface area contributed by atoms with Crippen LogP contribution in [0.4, 0.5) is 0 Å². The van der Waals surface area contributed by atoms with E-state index in [2.05, 4.69) is 42.7 Å². The standard InChI is InChI=1S/C17H28ClN3/c1-4-20(5-2)16-10-11-21(12-16)17(13(3)19)14-6-8-15(18)9-7-14/h6-9,13,16-17H,4-5,10-12,19H2,1-3H3. The van der Waals surface area contributed by atoms with Gasteiger partial charge in [-0.2, -0.15) is 0 Å². The number of hydrogen-bond donors (Lipinski definition) is 1. The smallest absolute Gasteiger partial charge is 0.0497 e. The van der Waals surface area contributed by atoms with Gasteiger partial charge in [0.25, 0.3) is 0 Å². The Kier molecular flexibility index (Phi) is 6.06. The Labute approximate surface area is 134 Å². The van der Waals surface area contributed by atoms with Crippen molar-refractivity contribution in [2.75, 3.05) is 26.2 Å². The van der Waals surface area contributed by atoms with Gasteiger partial charge in [-0.15, -0.1) is 0 Å². The van der Waals surface area contributed by atoms with Gasteiger partial charge in [0.1, 0.15) is 0 Å². The van der Waals surface area contributed by atoms with Crippen LogP contribution in [-0.4, -0.2) is 48.1 Å². The van der Waals surface area contributed by atoms with Crippen LogP contribution in [0.25, 0.3) is 0 Å². The van der Waals surface area contributed by atoms with Crippen LogP contribution in [0.3, 0.4) is 0 Å². The summed E-state index contributed by atoms with van der Waals surface area (Å²) in [6.07, 6.45) is 1.23. The predicted octanol–water partition coefficient (Wildman–Crippen LogP) is 3.14. The molecule has 1 aromatic rings. The molecule has 0 aromatic heterocycles. The first kappa shape index (κ1) is 16.8. The Hall–Kier alpha value is -0.610. The van der Waals surface area contributed by atoms with Gasteiger partial charge in [0.15, 0.2) is 0 Å². The van der Waals surface area contributed by atoms with Crippen LogP contribution in [0.5, 0.6) is 0 Å². The molecule has 3 nitrogen and oxygen atoms in total. The molecule has 2 rings (SSSR count). The molecule has 1 aliphatic rings. The number of likely N-dealkylation sites (N-methyl/N-ethyl adjacent to an activating group) is 1. The van der Waals surface area contributed by atoms with Gasteiger partial charge in [0, 0.05) is 36.2 Å². The number of benzene rings is 1. The third kappa shape index (κ3) is 3.98. The molecular weight excluding hydrogens is 282 g/mol. The molecule has 21 heavy (non-hydrogen) atoms. The third-order valence-electron chi connectivity index (χ3n) is 4.63. The van der Waals surface area contributed by atoms with Crippen LogP contribution >= 0.6 is 11.6 Å². The summed E-state index contributed by atoms with van der Waals surface area (Å²) in [5, 5.41) is 0.782. The lowest BCUT2D eigenvalue weighted by molar-refractivity contribution is 0.176. The minimum Gasteiger partial charge on any atom is -0.326 e. The molecule has 0 aliphatic carbocycles. The lowest BCUT2D eigenvalue weighted by atomic mass is 9.99. The lowest BCUT2D eigenvalue weighted by Gasteiger charge is -2.33. The van der Waals surface area contributed by atoms with Crippen LogP contribution in [0.1, 0.15) is 38.8 Å². The third-order valence-corrected chi connectivity index (χ3v) is 4.88. The normalized spacial score (nSPS) is 22.7. The number of likely N-dealkylation sites (tertiary alicyclic amines) is 1. The quantitative estimate of drug-likeness (QED) is 0.876. The number of rotatable bonds is 6. The lowest BCUT2D eigenvalue weighted by Crippen LogP contribution is -2.41. The van der Waals surface area contributed by atoms with Crippen molar-refractivity contribution < 1.29 is 0 Å². The molecular formula is C17H28ClN3. The molecule has 0 amide bonds. The predicted molar refractivity (Wildman–Crippen MR) is 90.7 cm³/mol. The fraction of sp³-hybridized carbons (Fsp3) is 0.647. The molecule has 118 valence electrons. The highest BCUT2D eigenvalue weighted by atomic mass is 35.5. The molecule has 4 heteroatoms. The molecule has 1 fully saturated rings. The zero-order valence-corrected chi connectivity index (χ0v) is 14.2. The van der Waals surface area contributed by atoms with E-state index in [4.69, 9.17) is 17.3 Å². The summed E-state index contributed by atoms with van der Waals surface area (Å²) in [6, 6.07) is 9.20. The van der Waals surface area contributed by atoms with Crippen LogP contribution < -0.4 is 5.73 Å². The Morgan fingerprint density at radius 2 is 1.90 bits per heavy atom. The van der Waals surface area contributed by atoms with E-state index in [1.807, 2.05) is 12.1 Å². The van der Waals surface area contributed by atoms with E-state index in [0.29, 0.717) is 6.04 Å². The van der Waals surface area contributed by atoms with E-state index in [9.17, 15) is 0 Å². The maximum absolute atomic E-state index is 6.28. The molecule has 1 aliphatic heterocycles. The summed E-state index contributed by atoms with van der Waals surface area (Å²) in [4.78, 5) is 5.09. The molecule has 0 spiro atoms. The number of nitrogens with zero attached hydrogens (tertiary/aromatic N) is 2. The van der Waals surface area contributed by atoms with Crippen LogP contribution in [0, 0.1) is 0 Å². The number of halogens is 1. The van der Waals surface area contributed by atoms with Crippen LogP contribution in [-0.2, 0) is 0 Å². The molecule has 0 saturated carbocycles. The zero-order chi connectivity index (χ0) is 15.4. The number of hydrogen-bond acceptors (Lipinski definition) is 3. The Bertz CT molecular complexity index is 428. The van der Waals surface area contributed by atoms with E-state index in [1.54, 1.807) is 0 Å². The minimum absolute atomic E-state index is 0.113. The van der Waals surface area contributed by atoms with E-state index in [1.165, 1.54) is 12.0 Å². The summed E-state index contributed by atoms with van der Waals surface area (Å²) < 4.78 is 0. The van der Waals surface area contributed by atoms with Gasteiger partial charge in [0.05, 0.1) is 0 Å². The second-order valence-electron chi connectivity index (χ2n) is 6.01. The highest BCUT2D eigenvalue weighted by Crippen LogP contribution is 2.29. The van der Waals surface area contributed by atoms with E-state index in [-0.39, 0.29) is 12.1 Å². The Morgan fingerprint density at radius 1 is 1.29 bits per heavy atom. The van der Waals surface area contributed by atoms with Gasteiger partial charge in [-0.3, -0.25) is 9.80 Å². The molecule has 3 unspecified atom stereocenters. The summed E-state index contributed by atoms with van der Waals surface area (Å²) >= 11 is 6.01. The molecule has 0 bridgehead atoms. The molecule has 1 heterocycles. The van der Waals surface area contributed by atoms with Gasteiger partial charge in [-0.25, -0.2) is 0 Å². The minimum atomic E-state index is 0.113. The monoisotopic (exact) mass is 309 g/mol. The average Bonchev–Trinajstić information content (AvgIpc) is 2.91. The van der Waals surface area contributed by atoms with E-state index in [0.717, 1.165) is 31.2 Å². The first-order valence-corrected chi connectivity index (χ1v) is 8.43. The maximum atomic E-state index is 6.28. The summed E-state index contributed by atoms with van der Waals surface area (Å²) in [5.41, 5.74) is 7.56. The Balaban J connectivity index is 2.11. The van der Waals surface area contributed by atoms with Gasteiger partial charge < -0.3 is 5.73 Å². The SMILES string of the molecule is CCN(CC)C1CCN(C(c2ccc(Cl)cc2)C(C)N)C1. The average molecular weight is 310 g/mol. The summed E-state index contributed by atoms with van der Waals surface area (Å²) in [6.45, 7) is 11.1. The van der Waals surface area contributed by atoms with Crippen molar-refractivity contribution in [3.63, 3.8) is 0 Å². The largest absolute Gasteiger partial charge is 0.326 e. The Morgan fingerprint density at radius 3 is 2.43 bits per heavy atom. The molecule has 1 saturated heterocycles. The first-order valence-electron chi connectivity index (χ1n) is 8.06. The zero-order valence-electron chi connectivity index (χ0n) is 13.4. The van der Waals surface area contributed by atoms with Crippen molar-refractivity contribution in [2.24, 2.45) is 5.73 Å². The van der Waals surface area contributed by atoms with Crippen molar-refractivity contribution in [3.05, 3.63) is 34.9 Å². The van der Waals surface area contributed by atoms with E-state index < -0.39 is 0 Å². The second-order valence-corrected chi connectivity index (χ2v) is 6.45. The van der Waals surface area contributed by atoms with Gasteiger partial charge >= 0.3 is 0 Å². The van der Waals surface area contributed by atoms with Crippen LogP contribution in [0.2, 0.25) is 5.02 Å². The van der Waals surface area contributed by atoms with Crippen molar-refractivity contribution >= 4 is 11.6 Å².